The first kappa shape index (κ1) is 21.7. The van der Waals surface area contributed by atoms with Crippen molar-refractivity contribution in [1.29, 1.82) is 5.26 Å². The van der Waals surface area contributed by atoms with Gasteiger partial charge in [0.05, 0.1) is 18.7 Å². The van der Waals surface area contributed by atoms with Gasteiger partial charge in [-0.15, -0.1) is 0 Å². The molecule has 7 heteroatoms. The van der Waals surface area contributed by atoms with Crippen molar-refractivity contribution in [3.63, 3.8) is 0 Å². The van der Waals surface area contributed by atoms with Crippen LogP contribution in [0.2, 0.25) is 0 Å². The number of methoxy groups -OCH3 is 1. The Balaban J connectivity index is 1.18. The van der Waals surface area contributed by atoms with E-state index in [1.807, 2.05) is 29.2 Å². The summed E-state index contributed by atoms with van der Waals surface area (Å²) in [7, 11) is 1.69. The molecule has 1 N–H and O–H groups in total. The average molecular weight is 446 g/mol. The molecular formula is C26H31N5O2. The Morgan fingerprint density at radius 2 is 2.15 bits per heavy atom. The summed E-state index contributed by atoms with van der Waals surface area (Å²) in [6, 6.07) is 14.7. The Morgan fingerprint density at radius 1 is 1.30 bits per heavy atom. The zero-order chi connectivity index (χ0) is 23.0. The summed E-state index contributed by atoms with van der Waals surface area (Å²) in [4.78, 5) is 22.0. The van der Waals surface area contributed by atoms with E-state index in [0.717, 1.165) is 43.9 Å². The second kappa shape index (κ2) is 8.68. The lowest BCUT2D eigenvalue weighted by Crippen LogP contribution is -2.56. The van der Waals surface area contributed by atoms with Crippen LogP contribution in [0, 0.1) is 17.2 Å². The minimum atomic E-state index is -0.0116. The molecule has 3 aliphatic rings. The van der Waals surface area contributed by atoms with Crippen LogP contribution in [-0.4, -0.2) is 54.6 Å². The number of anilines is 1. The lowest BCUT2D eigenvalue weighted by atomic mass is 10.0. The average Bonchev–Trinajstić information content (AvgIpc) is 3.61. The number of ether oxygens (including phenoxy) is 1. The molecule has 7 nitrogen and oxygen atoms in total. The Labute approximate surface area is 195 Å². The van der Waals surface area contributed by atoms with Gasteiger partial charge < -0.3 is 19.9 Å². The highest BCUT2D eigenvalue weighted by molar-refractivity contribution is 5.77. The second-order valence-corrected chi connectivity index (χ2v) is 9.65. The maximum Gasteiger partial charge on any atom is 0.223 e. The number of hydrogen-bond acceptors (Lipinski definition) is 6. The van der Waals surface area contributed by atoms with Gasteiger partial charge in [0.1, 0.15) is 17.6 Å². The number of nitrogens with zero attached hydrogens (tertiary/aromatic N) is 4. The molecule has 1 amide bonds. The van der Waals surface area contributed by atoms with Crippen molar-refractivity contribution in [1.82, 2.24) is 15.2 Å². The summed E-state index contributed by atoms with van der Waals surface area (Å²) >= 11 is 0. The predicted molar refractivity (Wildman–Crippen MR) is 126 cm³/mol. The van der Waals surface area contributed by atoms with Crippen molar-refractivity contribution in [2.24, 2.45) is 5.92 Å². The number of rotatable bonds is 7. The molecule has 172 valence electrons. The van der Waals surface area contributed by atoms with Crippen LogP contribution in [0.25, 0.3) is 0 Å². The molecule has 5 rings (SSSR count). The number of fused-ring (bicyclic) bond motifs is 2. The van der Waals surface area contributed by atoms with Crippen LogP contribution in [0.4, 0.5) is 5.82 Å². The second-order valence-electron chi connectivity index (χ2n) is 9.65. The van der Waals surface area contributed by atoms with Gasteiger partial charge in [-0.05, 0) is 55.0 Å². The molecule has 3 fully saturated rings. The van der Waals surface area contributed by atoms with Crippen molar-refractivity contribution in [2.75, 3.05) is 31.6 Å². The molecule has 3 atom stereocenters. The monoisotopic (exact) mass is 445 g/mol. The summed E-state index contributed by atoms with van der Waals surface area (Å²) in [5, 5.41) is 12.7. The predicted octanol–water partition coefficient (Wildman–Crippen LogP) is 3.06. The van der Waals surface area contributed by atoms with Crippen LogP contribution in [-0.2, 0) is 10.3 Å². The molecular weight excluding hydrogens is 414 g/mol. The van der Waals surface area contributed by atoms with Gasteiger partial charge >= 0.3 is 0 Å². The van der Waals surface area contributed by atoms with Gasteiger partial charge in [-0.2, -0.15) is 5.26 Å². The van der Waals surface area contributed by atoms with E-state index < -0.39 is 0 Å². The Hall–Kier alpha value is -3.11. The van der Waals surface area contributed by atoms with Gasteiger partial charge in [0.2, 0.25) is 5.91 Å². The normalized spacial score (nSPS) is 24.9. The summed E-state index contributed by atoms with van der Waals surface area (Å²) in [6.45, 7) is 4.42. The standard InChI is InChI=1S/C26H31N5O2/c1-18-12-21-16-30(17-23(18)31(21)24-7-6-19(14-27)15-28-24)25(32)8-11-29-26(9-10-26)20-4-3-5-22(13-20)33-2/h3-7,13,15,18,21,23,29H,8-12,16-17H2,1-2H3/t18-,21?,23?/m0/s1. The topological polar surface area (TPSA) is 81.5 Å². The van der Waals surface area contributed by atoms with Crippen LogP contribution in [0.1, 0.15) is 43.7 Å². The fraction of sp³-hybridized carbons (Fsp3) is 0.500. The van der Waals surface area contributed by atoms with Crippen LogP contribution >= 0.6 is 0 Å². The largest absolute Gasteiger partial charge is 0.497 e. The molecule has 2 unspecified atom stereocenters. The molecule has 1 aromatic heterocycles. The Morgan fingerprint density at radius 3 is 2.82 bits per heavy atom. The smallest absolute Gasteiger partial charge is 0.223 e. The highest BCUT2D eigenvalue weighted by atomic mass is 16.5. The molecule has 0 radical (unpaired) electrons. The first-order chi connectivity index (χ1) is 16.0. The number of nitrogens with one attached hydrogen (secondary N) is 1. The fourth-order valence-corrected chi connectivity index (χ4v) is 5.58. The van der Waals surface area contributed by atoms with E-state index >= 15 is 0 Å². The molecule has 1 saturated carbocycles. The van der Waals surface area contributed by atoms with Crippen LogP contribution < -0.4 is 15.0 Å². The van der Waals surface area contributed by atoms with Crippen molar-refractivity contribution in [2.45, 2.75) is 50.2 Å². The number of nitriles is 1. The van der Waals surface area contributed by atoms with Gasteiger partial charge in [-0.1, -0.05) is 19.1 Å². The minimum Gasteiger partial charge on any atom is -0.497 e. The highest BCUT2D eigenvalue weighted by Crippen LogP contribution is 2.46. The van der Waals surface area contributed by atoms with Crippen molar-refractivity contribution in [3.05, 3.63) is 53.7 Å². The first-order valence-electron chi connectivity index (χ1n) is 11.8. The molecule has 1 aliphatic carbocycles. The zero-order valence-corrected chi connectivity index (χ0v) is 19.3. The van der Waals surface area contributed by atoms with Crippen LogP contribution in [0.3, 0.4) is 0 Å². The van der Waals surface area contributed by atoms with E-state index in [0.29, 0.717) is 24.4 Å². The van der Waals surface area contributed by atoms with Crippen molar-refractivity contribution in [3.8, 4) is 11.8 Å². The molecule has 0 spiro atoms. The van der Waals surface area contributed by atoms with Gasteiger partial charge in [0.25, 0.3) is 0 Å². The van der Waals surface area contributed by atoms with Gasteiger partial charge in [-0.25, -0.2) is 4.98 Å². The zero-order valence-electron chi connectivity index (χ0n) is 19.3. The number of pyridine rings is 1. The molecule has 2 aliphatic heterocycles. The van der Waals surface area contributed by atoms with E-state index in [1.54, 1.807) is 13.3 Å². The fourth-order valence-electron chi connectivity index (χ4n) is 5.58. The number of carbonyl (C=O) groups excluding carboxylic acids is 1. The number of likely N-dealkylation sites (tertiary alicyclic amines) is 1. The molecule has 2 saturated heterocycles. The summed E-state index contributed by atoms with van der Waals surface area (Å²) in [5.41, 5.74) is 1.80. The lowest BCUT2D eigenvalue weighted by Gasteiger charge is -2.42. The molecule has 2 aromatic rings. The summed E-state index contributed by atoms with van der Waals surface area (Å²) in [6.07, 6.45) is 5.39. The number of aromatic nitrogens is 1. The number of piperazine rings is 1. The third kappa shape index (κ3) is 4.16. The maximum absolute atomic E-state index is 13.1. The molecule has 33 heavy (non-hydrogen) atoms. The number of hydrogen-bond donors (Lipinski definition) is 1. The van der Waals surface area contributed by atoms with Gasteiger partial charge in [0.15, 0.2) is 0 Å². The molecule has 3 heterocycles. The SMILES string of the molecule is COc1cccc(C2(NCCC(=O)N3CC4C[C@H](C)C(C3)N4c3ccc(C#N)cn3)CC2)c1. The number of carbonyl (C=O) groups is 1. The quantitative estimate of drug-likeness (QED) is 0.706. The third-order valence-corrected chi connectivity index (χ3v) is 7.56. The van der Waals surface area contributed by atoms with Crippen LogP contribution in [0.15, 0.2) is 42.6 Å². The number of amides is 1. The lowest BCUT2D eigenvalue weighted by molar-refractivity contribution is -0.132. The van der Waals surface area contributed by atoms with Gasteiger partial charge in [-0.3, -0.25) is 4.79 Å². The Kier molecular flexibility index (Phi) is 5.71. The number of benzene rings is 1. The molecule has 2 bridgehead atoms. The third-order valence-electron chi connectivity index (χ3n) is 7.56. The Bertz CT molecular complexity index is 1060. The maximum atomic E-state index is 13.1. The van der Waals surface area contributed by atoms with E-state index in [2.05, 4.69) is 40.3 Å². The van der Waals surface area contributed by atoms with Crippen molar-refractivity contribution < 1.29 is 9.53 Å². The van der Waals surface area contributed by atoms with E-state index in [-0.39, 0.29) is 23.5 Å². The highest BCUT2D eigenvalue weighted by Gasteiger charge is 2.46. The minimum absolute atomic E-state index is 0.0116. The van der Waals surface area contributed by atoms with Gasteiger partial charge in [0, 0.05) is 43.8 Å². The van der Waals surface area contributed by atoms with E-state index in [1.165, 1.54) is 5.56 Å². The summed E-state index contributed by atoms with van der Waals surface area (Å²) in [5.74, 6) is 2.51. The molecule has 1 aromatic carbocycles. The summed E-state index contributed by atoms with van der Waals surface area (Å²) < 4.78 is 5.38. The van der Waals surface area contributed by atoms with Crippen molar-refractivity contribution >= 4 is 11.7 Å². The van der Waals surface area contributed by atoms with E-state index in [4.69, 9.17) is 10.00 Å². The first-order valence-corrected chi connectivity index (χ1v) is 11.8. The van der Waals surface area contributed by atoms with E-state index in [9.17, 15) is 4.79 Å². The van der Waals surface area contributed by atoms with Crippen LogP contribution in [0.5, 0.6) is 5.75 Å².